The fraction of sp³-hybridized carbons (Fsp3) is 0. The molecular formula is C45H30N4O2. The third kappa shape index (κ3) is 5.65. The topological polar surface area (TPSA) is 94.7 Å². The van der Waals surface area contributed by atoms with Crippen molar-refractivity contribution in [3.8, 4) is 44.5 Å². The van der Waals surface area contributed by atoms with E-state index < -0.39 is 5.97 Å². The van der Waals surface area contributed by atoms with Gasteiger partial charge in [-0.25, -0.2) is 14.8 Å². The van der Waals surface area contributed by atoms with Gasteiger partial charge in [-0.3, -0.25) is 0 Å². The fourth-order valence-electron chi connectivity index (χ4n) is 6.92. The first-order valence-corrected chi connectivity index (χ1v) is 16.8. The van der Waals surface area contributed by atoms with Crippen molar-refractivity contribution >= 4 is 52.3 Å². The summed E-state index contributed by atoms with van der Waals surface area (Å²) < 4.78 is 0. The van der Waals surface area contributed by atoms with Crippen LogP contribution in [0.5, 0.6) is 0 Å². The number of carboxylic acid groups (broad SMARTS) is 1. The van der Waals surface area contributed by atoms with Crippen LogP contribution in [0.4, 0.5) is 0 Å². The maximum Gasteiger partial charge on any atom is 0.335 e. The molecule has 0 aliphatic carbocycles. The minimum absolute atomic E-state index is 0.255. The van der Waals surface area contributed by atoms with E-state index in [1.54, 1.807) is 12.1 Å². The highest BCUT2D eigenvalue weighted by Gasteiger charge is 2.17. The maximum atomic E-state index is 11.5. The Balaban J connectivity index is 1.35. The average molecular weight is 659 g/mol. The number of aromatic amines is 2. The maximum absolute atomic E-state index is 11.5. The average Bonchev–Trinajstić information content (AvgIpc) is 4.00. The van der Waals surface area contributed by atoms with Crippen molar-refractivity contribution in [2.24, 2.45) is 0 Å². The lowest BCUT2D eigenvalue weighted by atomic mass is 9.97. The highest BCUT2D eigenvalue weighted by molar-refractivity contribution is 5.98. The third-order valence-corrected chi connectivity index (χ3v) is 9.32. The number of nitrogens with one attached hydrogen (secondary N) is 2. The minimum Gasteiger partial charge on any atom is -0.478 e. The van der Waals surface area contributed by atoms with E-state index >= 15 is 0 Å². The molecule has 0 amide bonds. The van der Waals surface area contributed by atoms with E-state index in [1.807, 2.05) is 42.5 Å². The Morgan fingerprint density at radius 1 is 0.451 bits per heavy atom. The van der Waals surface area contributed by atoms with Gasteiger partial charge in [0.1, 0.15) is 0 Å². The highest BCUT2D eigenvalue weighted by atomic mass is 16.4. The largest absolute Gasteiger partial charge is 0.478 e. The van der Waals surface area contributed by atoms with Crippen LogP contribution in [-0.4, -0.2) is 31.0 Å². The summed E-state index contributed by atoms with van der Waals surface area (Å²) in [4.78, 5) is 29.3. The van der Waals surface area contributed by atoms with E-state index in [1.165, 1.54) is 0 Å². The van der Waals surface area contributed by atoms with Gasteiger partial charge in [-0.2, -0.15) is 0 Å². The summed E-state index contributed by atoms with van der Waals surface area (Å²) in [6.45, 7) is 0. The molecule has 2 aliphatic rings. The number of carboxylic acids is 1. The van der Waals surface area contributed by atoms with Crippen molar-refractivity contribution in [1.82, 2.24) is 19.9 Å². The van der Waals surface area contributed by atoms with Crippen molar-refractivity contribution in [2.45, 2.75) is 0 Å². The number of hydrogen-bond donors (Lipinski definition) is 3. The molecule has 9 rings (SSSR count). The summed E-state index contributed by atoms with van der Waals surface area (Å²) in [5.74, 6) is -0.945. The van der Waals surface area contributed by atoms with Gasteiger partial charge < -0.3 is 15.1 Å². The van der Waals surface area contributed by atoms with E-state index in [2.05, 4.69) is 119 Å². The lowest BCUT2D eigenvalue weighted by Gasteiger charge is -2.08. The van der Waals surface area contributed by atoms with Gasteiger partial charge in [-0.1, -0.05) is 91.0 Å². The van der Waals surface area contributed by atoms with Crippen LogP contribution >= 0.6 is 0 Å². The first kappa shape index (κ1) is 30.0. The molecule has 5 heterocycles. The van der Waals surface area contributed by atoms with Gasteiger partial charge in [-0.05, 0) is 101 Å². The second kappa shape index (κ2) is 12.4. The Labute approximate surface area is 293 Å². The zero-order chi connectivity index (χ0) is 34.3. The lowest BCUT2D eigenvalue weighted by Crippen LogP contribution is -1.95. The molecule has 0 unspecified atom stereocenters. The van der Waals surface area contributed by atoms with Crippen molar-refractivity contribution in [3.05, 3.63) is 168 Å². The van der Waals surface area contributed by atoms with Crippen molar-refractivity contribution in [2.75, 3.05) is 0 Å². The van der Waals surface area contributed by atoms with Crippen LogP contribution in [0.15, 0.2) is 140 Å². The second-order valence-corrected chi connectivity index (χ2v) is 12.5. The molecular weight excluding hydrogens is 629 g/mol. The van der Waals surface area contributed by atoms with Crippen molar-refractivity contribution in [1.29, 1.82) is 0 Å². The summed E-state index contributed by atoms with van der Waals surface area (Å²) in [5.41, 5.74) is 15.4. The van der Waals surface area contributed by atoms with Gasteiger partial charge in [-0.15, -0.1) is 0 Å². The van der Waals surface area contributed by atoms with Crippen LogP contribution in [0, 0.1) is 0 Å². The van der Waals surface area contributed by atoms with Crippen LogP contribution < -0.4 is 0 Å². The van der Waals surface area contributed by atoms with Crippen LogP contribution in [0.2, 0.25) is 0 Å². The number of H-pyrrole nitrogens is 2. The van der Waals surface area contributed by atoms with Crippen LogP contribution in [0.3, 0.4) is 0 Å². The first-order chi connectivity index (χ1) is 25.1. The molecule has 6 heteroatoms. The molecule has 0 spiro atoms. The molecule has 0 saturated heterocycles. The Morgan fingerprint density at radius 2 is 0.980 bits per heavy atom. The van der Waals surface area contributed by atoms with E-state index in [4.69, 9.17) is 9.97 Å². The van der Waals surface area contributed by atoms with Crippen LogP contribution in [-0.2, 0) is 0 Å². The fourth-order valence-corrected chi connectivity index (χ4v) is 6.92. The Bertz CT molecular complexity index is 2700. The molecule has 8 bridgehead atoms. The zero-order valence-corrected chi connectivity index (χ0v) is 27.3. The quantitative estimate of drug-likeness (QED) is 0.171. The number of nitrogens with zero attached hydrogens (tertiary/aromatic N) is 2. The van der Waals surface area contributed by atoms with Gasteiger partial charge in [0.2, 0.25) is 0 Å². The minimum atomic E-state index is -0.945. The van der Waals surface area contributed by atoms with Crippen molar-refractivity contribution < 1.29 is 9.90 Å². The highest BCUT2D eigenvalue weighted by Crippen LogP contribution is 2.37. The number of aromatic carboxylic acids is 1. The standard InChI is InChI=1S/C45H30N4O2/c50-45(51)31-16-14-28(15-17-31)32-12-7-13-33(26-32)44-37-21-19-35(47-37)27-34-18-20-36(46-34)42(29-8-3-1-4-9-29)38-22-23-39(48-38)43(30-10-5-2-6-11-30)40-24-25-41(44)49-40/h1-27,46,49H,(H,50,51). The molecule has 3 aromatic heterocycles. The van der Waals surface area contributed by atoms with Gasteiger partial charge in [0, 0.05) is 38.8 Å². The molecule has 6 nitrogen and oxygen atoms in total. The van der Waals surface area contributed by atoms with E-state index in [9.17, 15) is 9.90 Å². The molecule has 0 radical (unpaired) electrons. The first-order valence-electron chi connectivity index (χ1n) is 16.8. The van der Waals surface area contributed by atoms with E-state index in [0.29, 0.717) is 0 Å². The molecule has 0 fully saturated rings. The summed E-state index contributed by atoms with van der Waals surface area (Å²) in [6.07, 6.45) is 8.30. The van der Waals surface area contributed by atoms with Crippen molar-refractivity contribution in [3.63, 3.8) is 0 Å². The van der Waals surface area contributed by atoms with E-state index in [-0.39, 0.29) is 5.56 Å². The third-order valence-electron chi connectivity index (χ3n) is 9.32. The Kier molecular flexibility index (Phi) is 7.33. The molecule has 7 aromatic rings. The van der Waals surface area contributed by atoms with Gasteiger partial charge >= 0.3 is 5.97 Å². The van der Waals surface area contributed by atoms with Gasteiger partial charge in [0.05, 0.1) is 28.3 Å². The monoisotopic (exact) mass is 658 g/mol. The number of rotatable bonds is 5. The molecule has 242 valence electrons. The molecule has 0 atom stereocenters. The summed E-state index contributed by atoms with van der Waals surface area (Å²) >= 11 is 0. The van der Waals surface area contributed by atoms with Crippen LogP contribution in [0.1, 0.15) is 33.1 Å². The summed E-state index contributed by atoms with van der Waals surface area (Å²) in [7, 11) is 0. The molecule has 0 saturated carbocycles. The Hall–Kier alpha value is -7.05. The van der Waals surface area contributed by atoms with Crippen LogP contribution in [0.25, 0.3) is 90.9 Å². The normalized spacial score (nSPS) is 11.9. The smallest absolute Gasteiger partial charge is 0.335 e. The number of aromatic nitrogens is 4. The Morgan fingerprint density at radius 3 is 1.63 bits per heavy atom. The number of fused-ring (bicyclic) bond motifs is 8. The molecule has 2 aliphatic heterocycles. The predicted molar refractivity (Wildman–Crippen MR) is 208 cm³/mol. The predicted octanol–water partition coefficient (Wildman–Crippen LogP) is 11.0. The molecule has 51 heavy (non-hydrogen) atoms. The van der Waals surface area contributed by atoms with E-state index in [0.717, 1.165) is 89.4 Å². The second-order valence-electron chi connectivity index (χ2n) is 12.5. The molecule has 4 aromatic carbocycles. The summed E-state index contributed by atoms with van der Waals surface area (Å²) in [6, 6.07) is 46.5. The van der Waals surface area contributed by atoms with Gasteiger partial charge in [0.15, 0.2) is 0 Å². The lowest BCUT2D eigenvalue weighted by molar-refractivity contribution is 0.0697. The SMILES string of the molecule is O=C(O)c1ccc(-c2cccc(-c3c4nc(cc5ccc([nH]5)c(-c5ccccc5)c5nc(c(-c6ccccc6)c6ccc3[nH]6)C=C5)C=C4)c2)cc1. The van der Waals surface area contributed by atoms with Gasteiger partial charge in [0.25, 0.3) is 0 Å². The summed E-state index contributed by atoms with van der Waals surface area (Å²) in [5, 5.41) is 9.42. The number of benzene rings is 4. The zero-order valence-electron chi connectivity index (χ0n) is 27.3. The number of hydrogen-bond acceptors (Lipinski definition) is 3. The molecule has 3 N–H and O–H groups in total. The number of carbonyl (C=O) groups is 1.